The third-order valence-electron chi connectivity index (χ3n) is 8.97. The number of rotatable bonds is 14. The van der Waals surface area contributed by atoms with Gasteiger partial charge in [-0.2, -0.15) is 0 Å². The Hall–Kier alpha value is -3.36. The van der Waals surface area contributed by atoms with Crippen molar-refractivity contribution < 1.29 is 23.7 Å². The monoisotopic (exact) mass is 636 g/mol. The van der Waals surface area contributed by atoms with Crippen molar-refractivity contribution in [1.82, 2.24) is 0 Å². The van der Waals surface area contributed by atoms with Crippen LogP contribution in [0.25, 0.3) is 0 Å². The molecule has 5 atom stereocenters. The van der Waals surface area contributed by atoms with Gasteiger partial charge < -0.3 is 23.7 Å². The molecule has 4 aromatic carbocycles. The highest BCUT2D eigenvalue weighted by Gasteiger charge is 2.52. The van der Waals surface area contributed by atoms with E-state index in [-0.39, 0.29) is 11.0 Å². The van der Waals surface area contributed by atoms with Gasteiger partial charge in [0.1, 0.15) is 12.2 Å². The molecule has 0 aromatic heterocycles. The first kappa shape index (κ1) is 34.0. The molecule has 242 valence electrons. The van der Waals surface area contributed by atoms with Crippen LogP contribution in [0.15, 0.2) is 134 Å². The summed E-state index contributed by atoms with van der Waals surface area (Å²) < 4.78 is 26.9. The predicted molar refractivity (Wildman–Crippen MR) is 188 cm³/mol. The third-order valence-corrected chi connectivity index (χ3v) is 14.0. The van der Waals surface area contributed by atoms with Crippen LogP contribution in [-0.2, 0) is 31.9 Å². The van der Waals surface area contributed by atoms with Gasteiger partial charge in [-0.25, -0.2) is 0 Å². The Bertz CT molecular complexity index is 1420. The first-order chi connectivity index (χ1) is 22.3. The first-order valence-corrected chi connectivity index (χ1v) is 18.2. The van der Waals surface area contributed by atoms with Gasteiger partial charge in [-0.3, -0.25) is 0 Å². The molecule has 1 fully saturated rings. The number of hydrogen-bond donors (Lipinski definition) is 1. The van der Waals surface area contributed by atoms with Crippen LogP contribution in [0, 0.1) is 5.92 Å². The van der Waals surface area contributed by atoms with E-state index >= 15 is 0 Å². The molecular formula is C40H48O5Si. The summed E-state index contributed by atoms with van der Waals surface area (Å²) in [5.41, 5.74) is 2.10. The number of aliphatic hydroxyl groups excluding tert-OH is 1. The molecule has 0 heterocycles. The van der Waals surface area contributed by atoms with Crippen molar-refractivity contribution in [2.24, 2.45) is 5.92 Å². The lowest BCUT2D eigenvalue weighted by atomic mass is 9.80. The van der Waals surface area contributed by atoms with E-state index in [2.05, 4.69) is 100 Å². The Morgan fingerprint density at radius 2 is 1.15 bits per heavy atom. The molecule has 0 amide bonds. The zero-order valence-corrected chi connectivity index (χ0v) is 28.3. The highest BCUT2D eigenvalue weighted by atomic mass is 28.4. The van der Waals surface area contributed by atoms with E-state index in [1.165, 1.54) is 10.4 Å². The van der Waals surface area contributed by atoms with Crippen molar-refractivity contribution in [3.63, 3.8) is 0 Å². The summed E-state index contributed by atoms with van der Waals surface area (Å²) >= 11 is 0. The highest BCUT2D eigenvalue weighted by molar-refractivity contribution is 6.99. The van der Waals surface area contributed by atoms with Gasteiger partial charge in [-0.15, -0.1) is 6.58 Å². The van der Waals surface area contributed by atoms with Gasteiger partial charge in [-0.1, -0.05) is 148 Å². The Labute approximate surface area is 275 Å². The minimum atomic E-state index is -2.82. The molecule has 0 unspecified atom stereocenters. The van der Waals surface area contributed by atoms with Gasteiger partial charge >= 0.3 is 0 Å². The van der Waals surface area contributed by atoms with Crippen molar-refractivity contribution in [2.45, 2.75) is 69.9 Å². The Balaban J connectivity index is 1.52. The fraction of sp³-hybridized carbons (Fsp3) is 0.350. The maximum atomic E-state index is 11.7. The lowest BCUT2D eigenvalue weighted by Gasteiger charge is -2.47. The first-order valence-electron chi connectivity index (χ1n) is 16.3. The SMILES string of the molecule is C=CCO[C@H]1C[C@H](CO[Si](c2ccccc2)(c2ccccc2)C(C)(C)C)[C@H](OCc2ccccc2)[C@@H](OCc2ccccc2)[C@H]1O. The van der Waals surface area contributed by atoms with Crippen LogP contribution in [0.3, 0.4) is 0 Å². The van der Waals surface area contributed by atoms with Crippen molar-refractivity contribution in [3.8, 4) is 0 Å². The normalized spacial score (nSPS) is 22.0. The van der Waals surface area contributed by atoms with E-state index < -0.39 is 32.7 Å². The van der Waals surface area contributed by atoms with Gasteiger partial charge in [0.15, 0.2) is 0 Å². The molecule has 46 heavy (non-hydrogen) atoms. The summed E-state index contributed by atoms with van der Waals surface area (Å²) in [5, 5.41) is 14.0. The average Bonchev–Trinajstić information content (AvgIpc) is 3.08. The van der Waals surface area contributed by atoms with Crippen LogP contribution in [0.5, 0.6) is 0 Å². The molecular weight excluding hydrogens is 589 g/mol. The van der Waals surface area contributed by atoms with Crippen LogP contribution in [-0.4, -0.2) is 51.1 Å². The quantitative estimate of drug-likeness (QED) is 0.124. The van der Waals surface area contributed by atoms with Gasteiger partial charge in [-0.05, 0) is 33.0 Å². The minimum Gasteiger partial charge on any atom is -0.407 e. The molecule has 0 saturated heterocycles. The van der Waals surface area contributed by atoms with Crippen LogP contribution >= 0.6 is 0 Å². The second kappa shape index (κ2) is 16.0. The van der Waals surface area contributed by atoms with E-state index in [1.54, 1.807) is 6.08 Å². The van der Waals surface area contributed by atoms with Gasteiger partial charge in [0, 0.05) is 12.5 Å². The van der Waals surface area contributed by atoms with Crippen molar-refractivity contribution >= 4 is 18.7 Å². The van der Waals surface area contributed by atoms with Gasteiger partial charge in [0.2, 0.25) is 0 Å². The Morgan fingerprint density at radius 3 is 1.61 bits per heavy atom. The van der Waals surface area contributed by atoms with Crippen LogP contribution in [0.2, 0.25) is 5.04 Å². The minimum absolute atomic E-state index is 0.107. The van der Waals surface area contributed by atoms with Crippen molar-refractivity contribution in [3.05, 3.63) is 145 Å². The summed E-state index contributed by atoms with van der Waals surface area (Å²) in [6.45, 7) is 12.2. The molecule has 5 nitrogen and oxygen atoms in total. The molecule has 1 N–H and O–H groups in total. The Morgan fingerprint density at radius 1 is 0.696 bits per heavy atom. The number of ether oxygens (including phenoxy) is 3. The second-order valence-corrected chi connectivity index (χ2v) is 17.4. The molecule has 4 aromatic rings. The zero-order chi connectivity index (χ0) is 32.4. The molecule has 0 spiro atoms. The van der Waals surface area contributed by atoms with Gasteiger partial charge in [0.25, 0.3) is 8.32 Å². The molecule has 5 rings (SSSR count). The van der Waals surface area contributed by atoms with Crippen LogP contribution in [0.1, 0.15) is 38.3 Å². The van der Waals surface area contributed by atoms with E-state index in [0.717, 1.165) is 11.1 Å². The van der Waals surface area contributed by atoms with Crippen LogP contribution in [0.4, 0.5) is 0 Å². The number of hydrogen-bond acceptors (Lipinski definition) is 5. The third kappa shape index (κ3) is 7.95. The van der Waals surface area contributed by atoms with E-state index in [1.807, 2.05) is 48.5 Å². The fourth-order valence-electron chi connectivity index (χ4n) is 6.72. The van der Waals surface area contributed by atoms with E-state index in [9.17, 15) is 5.11 Å². The smallest absolute Gasteiger partial charge is 0.261 e. The van der Waals surface area contributed by atoms with E-state index in [4.69, 9.17) is 18.6 Å². The molecule has 1 aliphatic rings. The lowest BCUT2D eigenvalue weighted by Crippen LogP contribution is -2.67. The Kier molecular flexibility index (Phi) is 11.8. The molecule has 6 heteroatoms. The largest absolute Gasteiger partial charge is 0.407 e. The maximum Gasteiger partial charge on any atom is 0.261 e. The second-order valence-electron chi connectivity index (χ2n) is 13.1. The summed E-state index contributed by atoms with van der Waals surface area (Å²) in [6.07, 6.45) is -0.103. The fourth-order valence-corrected chi connectivity index (χ4v) is 11.3. The molecule has 1 aliphatic carbocycles. The predicted octanol–water partition coefficient (Wildman–Crippen LogP) is 6.69. The topological polar surface area (TPSA) is 57.2 Å². The number of benzene rings is 4. The summed E-state index contributed by atoms with van der Waals surface area (Å²) in [6, 6.07) is 41.5. The molecule has 0 aliphatic heterocycles. The van der Waals surface area contributed by atoms with Crippen LogP contribution < -0.4 is 10.4 Å². The average molecular weight is 637 g/mol. The standard InChI is InChI=1S/C40H48O5Si/c1-5-26-42-36-27-33(30-45-46(40(2,3)4,34-22-14-8-15-23-34)35-24-16-9-17-25-35)38(43-28-31-18-10-6-11-19-31)39(37(36)41)44-29-32-20-12-7-13-21-32/h5-25,33,36-39,41H,1,26-30H2,2-4H3/t33-,36+,37+,38+,39+/m1/s1. The number of aliphatic hydroxyl groups is 1. The summed E-state index contributed by atoms with van der Waals surface area (Å²) in [7, 11) is -2.82. The molecule has 1 saturated carbocycles. The molecule has 0 radical (unpaired) electrons. The maximum absolute atomic E-state index is 11.7. The highest BCUT2D eigenvalue weighted by Crippen LogP contribution is 2.39. The van der Waals surface area contributed by atoms with Gasteiger partial charge in [0.05, 0.1) is 32.0 Å². The van der Waals surface area contributed by atoms with Crippen molar-refractivity contribution in [1.29, 1.82) is 0 Å². The lowest BCUT2D eigenvalue weighted by molar-refractivity contribution is -0.212. The molecule has 0 bridgehead atoms. The zero-order valence-electron chi connectivity index (χ0n) is 27.3. The summed E-state index contributed by atoms with van der Waals surface area (Å²) in [4.78, 5) is 0. The summed E-state index contributed by atoms with van der Waals surface area (Å²) in [5.74, 6) is -0.107. The van der Waals surface area contributed by atoms with E-state index in [0.29, 0.717) is 32.8 Å². The van der Waals surface area contributed by atoms with Crippen molar-refractivity contribution in [2.75, 3.05) is 13.2 Å².